The number of benzene rings is 2. The van der Waals surface area contributed by atoms with Crippen molar-refractivity contribution in [2.45, 2.75) is 0 Å². The number of anilines is 1. The number of nitrogens with one attached hydrogen (secondary N) is 2. The quantitative estimate of drug-likeness (QED) is 0.332. The molecule has 2 amide bonds. The lowest BCUT2D eigenvalue weighted by Crippen LogP contribution is -2.25. The van der Waals surface area contributed by atoms with Gasteiger partial charge >= 0.3 is 0 Å². The molecule has 31 heavy (non-hydrogen) atoms. The largest absolute Gasteiger partial charge is 0.497 e. The minimum absolute atomic E-state index is 0.288. The van der Waals surface area contributed by atoms with Crippen molar-refractivity contribution in [3.8, 4) is 16.9 Å². The van der Waals surface area contributed by atoms with E-state index >= 15 is 0 Å². The number of methoxy groups -OCH3 is 1. The summed E-state index contributed by atoms with van der Waals surface area (Å²) in [5.74, 6) is -10.2. The van der Waals surface area contributed by atoms with Gasteiger partial charge < -0.3 is 10.1 Å². The summed E-state index contributed by atoms with van der Waals surface area (Å²) in [7, 11) is -1.75. The molecule has 0 unspecified atom stereocenters. The molecular formula is C19H13F4N3O4S. The fourth-order valence-electron chi connectivity index (χ4n) is 2.59. The van der Waals surface area contributed by atoms with Gasteiger partial charge in [0.15, 0.2) is 29.0 Å². The maximum Gasteiger partial charge on any atom is 0.287 e. The first-order valence-corrected chi connectivity index (χ1v) is 9.06. The van der Waals surface area contributed by atoms with E-state index in [4.69, 9.17) is 4.11 Å². The molecule has 0 saturated carbocycles. The predicted molar refractivity (Wildman–Crippen MR) is 103 cm³/mol. The molecule has 2 aromatic carbocycles. The van der Waals surface area contributed by atoms with Crippen molar-refractivity contribution in [1.29, 1.82) is 0 Å². The number of carbonyl (C=O) groups is 2. The van der Waals surface area contributed by atoms with Crippen molar-refractivity contribution >= 4 is 28.8 Å². The number of aromatic nitrogens is 1. The van der Waals surface area contributed by atoms with E-state index in [0.717, 1.165) is 36.9 Å². The van der Waals surface area contributed by atoms with Crippen LogP contribution in [0.2, 0.25) is 0 Å². The standard InChI is InChI=1S/C19H13F4N3O4S/c1-29-9-5-3-4-8(6-9)10-11(20)13(22)15(14(23)12(10)21)25-18(27)16-17(31-7-24-16)19(28)26-30-2/h3-7H,1-2H3,(H,25,27)(H,26,28)/i1D3. The Morgan fingerprint density at radius 3 is 2.45 bits per heavy atom. The molecule has 3 rings (SSSR count). The van der Waals surface area contributed by atoms with Crippen molar-refractivity contribution in [2.24, 2.45) is 0 Å². The summed E-state index contributed by atoms with van der Waals surface area (Å²) >= 11 is 0.704. The second-order valence-corrected chi connectivity index (χ2v) is 6.61. The first kappa shape index (κ1) is 18.3. The smallest absolute Gasteiger partial charge is 0.287 e. The number of amides is 2. The number of hydrogen-bond donors (Lipinski definition) is 2. The number of hydroxylamine groups is 1. The Morgan fingerprint density at radius 1 is 1.10 bits per heavy atom. The summed E-state index contributed by atoms with van der Waals surface area (Å²) in [6, 6.07) is 4.27. The number of carbonyl (C=O) groups excluding carboxylic acids is 2. The van der Waals surface area contributed by atoms with E-state index in [1.165, 1.54) is 0 Å². The lowest BCUT2D eigenvalue weighted by atomic mass is 10.0. The Morgan fingerprint density at radius 2 is 1.81 bits per heavy atom. The molecule has 0 aliphatic rings. The lowest BCUT2D eigenvalue weighted by Gasteiger charge is -2.13. The molecule has 0 atom stereocenters. The molecule has 0 aliphatic carbocycles. The average Bonchev–Trinajstić information content (AvgIpc) is 3.25. The zero-order chi connectivity index (χ0) is 25.2. The van der Waals surface area contributed by atoms with E-state index in [1.807, 2.05) is 5.48 Å². The molecule has 0 fully saturated rings. The fourth-order valence-corrected chi connectivity index (χ4v) is 3.26. The summed E-state index contributed by atoms with van der Waals surface area (Å²) in [5.41, 5.74) is -0.588. The maximum absolute atomic E-state index is 14.8. The van der Waals surface area contributed by atoms with Crippen molar-refractivity contribution < 1.29 is 40.8 Å². The topological polar surface area (TPSA) is 89.5 Å². The molecule has 0 spiro atoms. The summed E-state index contributed by atoms with van der Waals surface area (Å²) < 4.78 is 84.9. The van der Waals surface area contributed by atoms with Crippen LogP contribution >= 0.6 is 11.3 Å². The second kappa shape index (κ2) is 9.10. The van der Waals surface area contributed by atoms with Crippen LogP contribution in [0.4, 0.5) is 23.2 Å². The third-order valence-electron chi connectivity index (χ3n) is 3.93. The Labute approximate surface area is 180 Å². The third kappa shape index (κ3) is 4.20. The molecule has 1 aromatic heterocycles. The van der Waals surface area contributed by atoms with E-state index < -0.39 is 64.6 Å². The van der Waals surface area contributed by atoms with E-state index in [2.05, 4.69) is 14.6 Å². The monoisotopic (exact) mass is 458 g/mol. The normalized spacial score (nSPS) is 12.5. The molecule has 162 valence electrons. The molecule has 2 N–H and O–H groups in total. The zero-order valence-corrected chi connectivity index (χ0v) is 16.2. The minimum Gasteiger partial charge on any atom is -0.497 e. The van der Waals surface area contributed by atoms with Crippen LogP contribution in [-0.2, 0) is 4.84 Å². The first-order valence-electron chi connectivity index (χ1n) is 9.68. The molecule has 1 heterocycles. The molecule has 0 bridgehead atoms. The number of rotatable bonds is 6. The highest BCUT2D eigenvalue weighted by Gasteiger charge is 2.29. The molecular weight excluding hydrogens is 442 g/mol. The lowest BCUT2D eigenvalue weighted by molar-refractivity contribution is 0.0539. The Balaban J connectivity index is 2.00. The van der Waals surface area contributed by atoms with Crippen LogP contribution in [0.3, 0.4) is 0 Å². The summed E-state index contributed by atoms with van der Waals surface area (Å²) in [6.45, 7) is 0. The van der Waals surface area contributed by atoms with Gasteiger partial charge in [0.2, 0.25) is 0 Å². The summed E-state index contributed by atoms with van der Waals surface area (Å²) in [4.78, 5) is 32.1. The average molecular weight is 458 g/mol. The van der Waals surface area contributed by atoms with Crippen LogP contribution in [0.15, 0.2) is 29.8 Å². The van der Waals surface area contributed by atoms with E-state index in [1.54, 1.807) is 5.32 Å². The van der Waals surface area contributed by atoms with Gasteiger partial charge in [-0.15, -0.1) is 11.3 Å². The Kier molecular flexibility index (Phi) is 5.36. The number of nitrogens with zero attached hydrogens (tertiary/aromatic N) is 1. The fraction of sp³-hybridized carbons (Fsp3) is 0.105. The van der Waals surface area contributed by atoms with Gasteiger partial charge in [0, 0.05) is 0 Å². The molecule has 0 aliphatic heterocycles. The van der Waals surface area contributed by atoms with Crippen LogP contribution in [0.25, 0.3) is 11.1 Å². The SMILES string of the molecule is [2H]C([2H])([2H])Oc1cccc(-c2c(F)c(F)c(NC(=O)c3ncsc3C(=O)NOC)c(F)c2F)c1. The molecule has 3 aromatic rings. The highest BCUT2D eigenvalue weighted by Crippen LogP contribution is 2.36. The molecule has 12 heteroatoms. The van der Waals surface area contributed by atoms with E-state index in [0.29, 0.717) is 11.3 Å². The van der Waals surface area contributed by atoms with Crippen LogP contribution in [0.1, 0.15) is 24.3 Å². The van der Waals surface area contributed by atoms with Gasteiger partial charge in [-0.05, 0) is 17.7 Å². The van der Waals surface area contributed by atoms with Crippen LogP contribution in [-0.4, -0.2) is 30.9 Å². The Hall–Kier alpha value is -3.51. The van der Waals surface area contributed by atoms with Crippen LogP contribution < -0.4 is 15.5 Å². The molecule has 0 saturated heterocycles. The van der Waals surface area contributed by atoms with Crippen molar-refractivity contribution in [3.63, 3.8) is 0 Å². The van der Waals surface area contributed by atoms with E-state index in [9.17, 15) is 27.2 Å². The van der Waals surface area contributed by atoms with Gasteiger partial charge in [-0.1, -0.05) is 12.1 Å². The molecule has 0 radical (unpaired) electrons. The minimum atomic E-state index is -2.88. The van der Waals surface area contributed by atoms with Crippen LogP contribution in [0, 0.1) is 23.3 Å². The van der Waals surface area contributed by atoms with Gasteiger partial charge in [0.25, 0.3) is 11.8 Å². The highest BCUT2D eigenvalue weighted by atomic mass is 32.1. The maximum atomic E-state index is 14.8. The van der Waals surface area contributed by atoms with Crippen molar-refractivity contribution in [1.82, 2.24) is 10.5 Å². The Bertz CT molecular complexity index is 1240. The zero-order valence-electron chi connectivity index (χ0n) is 18.4. The highest BCUT2D eigenvalue weighted by molar-refractivity contribution is 7.12. The number of halogens is 4. The van der Waals surface area contributed by atoms with Gasteiger partial charge in [-0.2, -0.15) is 0 Å². The first-order chi connectivity index (χ1) is 15.9. The van der Waals surface area contributed by atoms with Gasteiger partial charge in [-0.3, -0.25) is 14.4 Å². The number of hydrogen-bond acceptors (Lipinski definition) is 6. The number of ether oxygens (including phenoxy) is 1. The molecule has 7 nitrogen and oxygen atoms in total. The second-order valence-electron chi connectivity index (χ2n) is 5.76. The number of thiazole rings is 1. The summed E-state index contributed by atoms with van der Waals surface area (Å²) in [6.07, 6.45) is 0. The van der Waals surface area contributed by atoms with Gasteiger partial charge in [-0.25, -0.2) is 28.0 Å². The van der Waals surface area contributed by atoms with Crippen molar-refractivity contribution in [2.75, 3.05) is 19.5 Å². The van der Waals surface area contributed by atoms with E-state index in [-0.39, 0.29) is 10.6 Å². The van der Waals surface area contributed by atoms with Crippen molar-refractivity contribution in [3.05, 3.63) is 63.6 Å². The predicted octanol–water partition coefficient (Wildman–Crippen LogP) is 3.92. The van der Waals surface area contributed by atoms with Gasteiger partial charge in [0.05, 0.1) is 29.3 Å². The van der Waals surface area contributed by atoms with Crippen LogP contribution in [0.5, 0.6) is 5.75 Å². The van der Waals surface area contributed by atoms with Gasteiger partial charge in [0.1, 0.15) is 16.3 Å². The summed E-state index contributed by atoms with van der Waals surface area (Å²) in [5, 5.41) is 1.68. The third-order valence-corrected chi connectivity index (χ3v) is 4.75.